The Hall–Kier alpha value is -2.49. The molecule has 3 N–H and O–H groups in total. The van der Waals surface area contributed by atoms with Crippen molar-refractivity contribution in [3.05, 3.63) is 58.9 Å². The quantitative estimate of drug-likeness (QED) is 0.630. The van der Waals surface area contributed by atoms with Crippen molar-refractivity contribution in [1.29, 1.82) is 0 Å². The molecule has 0 saturated carbocycles. The van der Waals surface area contributed by atoms with Crippen molar-refractivity contribution in [2.75, 3.05) is 11.9 Å². The normalized spacial score (nSPS) is 12.3. The van der Waals surface area contributed by atoms with Crippen LogP contribution in [0.2, 0.25) is 5.02 Å². The molecule has 0 unspecified atom stereocenters. The van der Waals surface area contributed by atoms with Crippen LogP contribution in [0.15, 0.2) is 47.4 Å². The van der Waals surface area contributed by atoms with Gasteiger partial charge < -0.3 is 10.6 Å². The molecule has 0 aliphatic heterocycles. The summed E-state index contributed by atoms with van der Waals surface area (Å²) in [7, 11) is -4.23. The van der Waals surface area contributed by atoms with E-state index in [2.05, 4.69) is 15.4 Å². The zero-order chi connectivity index (χ0) is 20.9. The third kappa shape index (κ3) is 5.51. The molecule has 0 aliphatic carbocycles. The smallest absolute Gasteiger partial charge is 0.244 e. The lowest BCUT2D eigenvalue weighted by Crippen LogP contribution is -2.46. The maximum Gasteiger partial charge on any atom is 0.244 e. The summed E-state index contributed by atoms with van der Waals surface area (Å²) in [6.45, 7) is 2.64. The van der Waals surface area contributed by atoms with Crippen LogP contribution in [0.25, 0.3) is 0 Å². The molecule has 0 heterocycles. The summed E-state index contributed by atoms with van der Waals surface area (Å²) in [5, 5.41) is 5.41. The fraction of sp³-hybridized carbons (Fsp3) is 0.222. The Bertz CT molecular complexity index is 998. The van der Waals surface area contributed by atoms with Crippen molar-refractivity contribution in [1.82, 2.24) is 10.0 Å². The van der Waals surface area contributed by atoms with Gasteiger partial charge >= 0.3 is 0 Å². The second-order valence-electron chi connectivity index (χ2n) is 5.95. The minimum atomic E-state index is -4.23. The van der Waals surface area contributed by atoms with Gasteiger partial charge in [-0.15, -0.1) is 0 Å². The molecule has 28 heavy (non-hydrogen) atoms. The third-order valence-corrected chi connectivity index (χ3v) is 5.80. The predicted octanol–water partition coefficient (Wildman–Crippen LogP) is 2.21. The number of carbonyl (C=O) groups excluding carboxylic acids is 2. The van der Waals surface area contributed by atoms with Crippen LogP contribution in [0, 0.1) is 12.7 Å². The largest absolute Gasteiger partial charge is 0.346 e. The SMILES string of the molecule is Cc1c(Cl)cccc1NC(=O)CNC(=O)[C@H](C)NS(=O)(=O)c1ccccc1F. The van der Waals surface area contributed by atoms with Crippen molar-refractivity contribution in [2.24, 2.45) is 0 Å². The van der Waals surface area contributed by atoms with E-state index in [0.717, 1.165) is 12.1 Å². The second-order valence-corrected chi connectivity index (χ2v) is 8.04. The monoisotopic (exact) mass is 427 g/mol. The van der Waals surface area contributed by atoms with E-state index in [0.29, 0.717) is 16.3 Å². The van der Waals surface area contributed by atoms with E-state index in [-0.39, 0.29) is 6.54 Å². The van der Waals surface area contributed by atoms with E-state index in [4.69, 9.17) is 11.6 Å². The number of anilines is 1. The minimum Gasteiger partial charge on any atom is -0.346 e. The molecule has 7 nitrogen and oxygen atoms in total. The number of nitrogens with one attached hydrogen (secondary N) is 3. The molecule has 1 atom stereocenters. The van der Waals surface area contributed by atoms with Gasteiger partial charge in [-0.2, -0.15) is 4.72 Å². The number of hydrogen-bond donors (Lipinski definition) is 3. The molecular formula is C18H19ClFN3O4S. The van der Waals surface area contributed by atoms with Crippen LogP contribution < -0.4 is 15.4 Å². The van der Waals surface area contributed by atoms with Crippen LogP contribution in [-0.2, 0) is 19.6 Å². The summed E-state index contributed by atoms with van der Waals surface area (Å²) in [5.74, 6) is -2.18. The Morgan fingerprint density at radius 3 is 2.50 bits per heavy atom. The highest BCUT2D eigenvalue weighted by atomic mass is 35.5. The fourth-order valence-electron chi connectivity index (χ4n) is 2.27. The lowest BCUT2D eigenvalue weighted by atomic mass is 10.2. The standard InChI is InChI=1S/C18H19ClFN3O4S/c1-11-13(19)6-5-8-15(11)22-17(24)10-21-18(25)12(2)23-28(26,27)16-9-4-3-7-14(16)20/h3-9,12,23H,10H2,1-2H3,(H,21,25)(H,22,24)/t12-/m0/s1. The lowest BCUT2D eigenvalue weighted by molar-refractivity contribution is -0.125. The molecule has 2 rings (SSSR count). The Labute approximate surface area is 167 Å². The van der Waals surface area contributed by atoms with Crippen LogP contribution in [0.4, 0.5) is 10.1 Å². The van der Waals surface area contributed by atoms with Crippen molar-refractivity contribution < 1.29 is 22.4 Å². The first-order chi connectivity index (χ1) is 13.1. The van der Waals surface area contributed by atoms with Crippen LogP contribution >= 0.6 is 11.6 Å². The third-order valence-electron chi connectivity index (χ3n) is 3.82. The molecule has 0 saturated heterocycles. The number of hydrogen-bond acceptors (Lipinski definition) is 4. The molecule has 0 aliphatic rings. The first-order valence-electron chi connectivity index (χ1n) is 8.21. The maximum atomic E-state index is 13.7. The number of rotatable bonds is 7. The number of benzene rings is 2. The summed E-state index contributed by atoms with van der Waals surface area (Å²) in [4.78, 5) is 23.5. The Kier molecular flexibility index (Phi) is 7.11. The molecule has 0 spiro atoms. The lowest BCUT2D eigenvalue weighted by Gasteiger charge is -2.15. The topological polar surface area (TPSA) is 104 Å². The van der Waals surface area contributed by atoms with E-state index in [1.807, 2.05) is 0 Å². The van der Waals surface area contributed by atoms with Crippen LogP contribution in [0.5, 0.6) is 0 Å². The van der Waals surface area contributed by atoms with Gasteiger partial charge in [-0.1, -0.05) is 29.8 Å². The molecule has 0 bridgehead atoms. The van der Waals surface area contributed by atoms with Crippen LogP contribution in [0.1, 0.15) is 12.5 Å². The number of carbonyl (C=O) groups is 2. The van der Waals surface area contributed by atoms with Gasteiger partial charge in [0.05, 0.1) is 12.6 Å². The van der Waals surface area contributed by atoms with E-state index in [1.165, 1.54) is 19.1 Å². The number of halogens is 2. The van der Waals surface area contributed by atoms with Crippen LogP contribution in [0.3, 0.4) is 0 Å². The van der Waals surface area contributed by atoms with Crippen molar-refractivity contribution >= 4 is 39.1 Å². The van der Waals surface area contributed by atoms with E-state index in [1.54, 1.807) is 25.1 Å². The van der Waals surface area contributed by atoms with Gasteiger partial charge in [0.25, 0.3) is 0 Å². The molecule has 2 aromatic carbocycles. The highest BCUT2D eigenvalue weighted by Crippen LogP contribution is 2.22. The molecule has 10 heteroatoms. The number of amides is 2. The Morgan fingerprint density at radius 1 is 1.14 bits per heavy atom. The summed E-state index contributed by atoms with van der Waals surface area (Å²) in [5.41, 5.74) is 1.18. The summed E-state index contributed by atoms with van der Waals surface area (Å²) >= 11 is 5.98. The van der Waals surface area contributed by atoms with Gasteiger partial charge in [-0.25, -0.2) is 12.8 Å². The zero-order valence-corrected chi connectivity index (χ0v) is 16.7. The second kappa shape index (κ2) is 9.13. The molecule has 150 valence electrons. The molecule has 2 amide bonds. The molecule has 0 aromatic heterocycles. The van der Waals surface area contributed by atoms with Gasteiger partial charge in [0.2, 0.25) is 21.8 Å². The molecule has 0 fully saturated rings. The van der Waals surface area contributed by atoms with Gasteiger partial charge in [0.1, 0.15) is 10.7 Å². The van der Waals surface area contributed by atoms with Gasteiger partial charge in [0.15, 0.2) is 0 Å². The minimum absolute atomic E-state index is 0.378. The van der Waals surface area contributed by atoms with Crippen LogP contribution in [-0.4, -0.2) is 32.8 Å². The Balaban J connectivity index is 1.93. The first kappa shape index (κ1) is 21.8. The first-order valence-corrected chi connectivity index (χ1v) is 10.1. The number of sulfonamides is 1. The Morgan fingerprint density at radius 2 is 1.82 bits per heavy atom. The van der Waals surface area contributed by atoms with Gasteiger partial charge in [-0.05, 0) is 43.7 Å². The fourth-order valence-corrected chi connectivity index (χ4v) is 3.73. The van der Waals surface area contributed by atoms with E-state index < -0.39 is 38.6 Å². The highest BCUT2D eigenvalue weighted by Gasteiger charge is 2.24. The maximum absolute atomic E-state index is 13.7. The van der Waals surface area contributed by atoms with Gasteiger partial charge in [0, 0.05) is 10.7 Å². The van der Waals surface area contributed by atoms with Crippen molar-refractivity contribution in [3.8, 4) is 0 Å². The van der Waals surface area contributed by atoms with Crippen molar-refractivity contribution in [2.45, 2.75) is 24.8 Å². The summed E-state index contributed by atoms with van der Waals surface area (Å²) in [6, 6.07) is 8.59. The molecular weight excluding hydrogens is 409 g/mol. The average molecular weight is 428 g/mol. The van der Waals surface area contributed by atoms with Gasteiger partial charge in [-0.3, -0.25) is 9.59 Å². The van der Waals surface area contributed by atoms with E-state index >= 15 is 0 Å². The van der Waals surface area contributed by atoms with E-state index in [9.17, 15) is 22.4 Å². The average Bonchev–Trinajstić information content (AvgIpc) is 2.63. The zero-order valence-electron chi connectivity index (χ0n) is 15.1. The summed E-state index contributed by atoms with van der Waals surface area (Å²) in [6.07, 6.45) is 0. The highest BCUT2D eigenvalue weighted by molar-refractivity contribution is 7.89. The molecule has 0 radical (unpaired) electrons. The molecule has 2 aromatic rings. The summed E-state index contributed by atoms with van der Waals surface area (Å²) < 4.78 is 40.1. The van der Waals surface area contributed by atoms with Crippen molar-refractivity contribution in [3.63, 3.8) is 0 Å². The predicted molar refractivity (Wildman–Crippen MR) is 104 cm³/mol.